The second-order valence-corrected chi connectivity index (χ2v) is 9.09. The van der Waals surface area contributed by atoms with Gasteiger partial charge in [0, 0.05) is 12.1 Å². The number of benzene rings is 3. The number of likely N-dealkylation sites (tertiary alicyclic amines) is 1. The van der Waals surface area contributed by atoms with Crippen LogP contribution in [0, 0.1) is 5.82 Å². The fourth-order valence-electron chi connectivity index (χ4n) is 4.43. The van der Waals surface area contributed by atoms with Gasteiger partial charge in [-0.15, -0.1) is 0 Å². The summed E-state index contributed by atoms with van der Waals surface area (Å²) >= 11 is 0. The van der Waals surface area contributed by atoms with Crippen LogP contribution >= 0.6 is 0 Å². The van der Waals surface area contributed by atoms with Gasteiger partial charge in [-0.05, 0) is 80.4 Å². The maximum absolute atomic E-state index is 13.5. The number of halogens is 1. The molecule has 0 saturated carbocycles. The summed E-state index contributed by atoms with van der Waals surface area (Å²) in [5.74, 6) is -0.753. The molecular weight excluding hydrogens is 489 g/mol. The maximum atomic E-state index is 13.5. The number of hydrogen-bond donors (Lipinski definition) is 1. The van der Waals surface area contributed by atoms with E-state index in [2.05, 4.69) is 0 Å². The molecule has 3 aromatic rings. The molecule has 0 bridgehead atoms. The lowest BCUT2D eigenvalue weighted by atomic mass is 9.94. The Morgan fingerprint density at radius 2 is 1.68 bits per heavy atom. The van der Waals surface area contributed by atoms with Gasteiger partial charge in [-0.2, -0.15) is 0 Å². The molecule has 1 saturated heterocycles. The van der Waals surface area contributed by atoms with E-state index in [1.54, 1.807) is 54.6 Å². The zero-order valence-corrected chi connectivity index (χ0v) is 21.7. The molecule has 1 amide bonds. The second-order valence-electron chi connectivity index (χ2n) is 9.09. The largest absolute Gasteiger partial charge is 0.507 e. The zero-order chi connectivity index (χ0) is 27.4. The predicted molar refractivity (Wildman–Crippen MR) is 141 cm³/mol. The molecule has 1 unspecified atom stereocenters. The van der Waals surface area contributed by atoms with Crippen molar-refractivity contribution in [1.29, 1.82) is 0 Å². The average Bonchev–Trinajstić information content (AvgIpc) is 3.14. The van der Waals surface area contributed by atoms with Gasteiger partial charge in [0.2, 0.25) is 0 Å². The lowest BCUT2D eigenvalue weighted by Gasteiger charge is -2.26. The van der Waals surface area contributed by atoms with Crippen LogP contribution in [0.1, 0.15) is 43.5 Å². The molecule has 1 heterocycles. The quantitative estimate of drug-likeness (QED) is 0.224. The zero-order valence-electron chi connectivity index (χ0n) is 21.7. The van der Waals surface area contributed by atoms with E-state index in [0.717, 1.165) is 0 Å². The molecule has 8 heteroatoms. The van der Waals surface area contributed by atoms with Crippen molar-refractivity contribution in [3.05, 3.63) is 94.8 Å². The van der Waals surface area contributed by atoms with Crippen molar-refractivity contribution in [1.82, 2.24) is 4.90 Å². The molecule has 1 aliphatic rings. The molecule has 198 valence electrons. The molecule has 7 nitrogen and oxygen atoms in total. The number of carbonyl (C=O) groups is 2. The maximum Gasteiger partial charge on any atom is 0.295 e. The van der Waals surface area contributed by atoms with E-state index in [9.17, 15) is 19.1 Å². The van der Waals surface area contributed by atoms with Crippen LogP contribution in [0.4, 0.5) is 4.39 Å². The number of aliphatic hydroxyl groups excluding tert-OH is 1. The minimum absolute atomic E-state index is 0.0270. The summed E-state index contributed by atoms with van der Waals surface area (Å²) in [4.78, 5) is 28.0. The first-order chi connectivity index (χ1) is 18.2. The fourth-order valence-corrected chi connectivity index (χ4v) is 4.43. The van der Waals surface area contributed by atoms with E-state index in [4.69, 9.17) is 14.2 Å². The molecule has 4 rings (SSSR count). The number of ether oxygens (including phenoxy) is 3. The minimum Gasteiger partial charge on any atom is -0.507 e. The number of methoxy groups -OCH3 is 1. The van der Waals surface area contributed by atoms with E-state index >= 15 is 0 Å². The molecule has 38 heavy (non-hydrogen) atoms. The first-order valence-corrected chi connectivity index (χ1v) is 12.3. The van der Waals surface area contributed by atoms with Crippen LogP contribution in [0.2, 0.25) is 0 Å². The minimum atomic E-state index is -0.920. The van der Waals surface area contributed by atoms with Gasteiger partial charge in [-0.3, -0.25) is 9.59 Å². The van der Waals surface area contributed by atoms with Crippen LogP contribution in [0.25, 0.3) is 5.76 Å². The van der Waals surface area contributed by atoms with Gasteiger partial charge in [0.05, 0.1) is 31.4 Å². The molecular formula is C30H30FNO6. The normalized spacial score (nSPS) is 16.7. The summed E-state index contributed by atoms with van der Waals surface area (Å²) in [7, 11) is 1.52. The highest BCUT2D eigenvalue weighted by atomic mass is 19.1. The van der Waals surface area contributed by atoms with E-state index in [1.807, 2.05) is 20.8 Å². The Balaban J connectivity index is 1.84. The Hall–Kier alpha value is -4.33. The molecule has 0 aliphatic carbocycles. The van der Waals surface area contributed by atoms with Crippen LogP contribution in [0.15, 0.2) is 72.3 Å². The molecule has 1 N–H and O–H groups in total. The number of aliphatic hydroxyl groups is 1. The number of carbonyl (C=O) groups excluding carboxylic acids is 2. The Labute approximate surface area is 221 Å². The first kappa shape index (κ1) is 26.7. The second kappa shape index (κ2) is 11.4. The fraction of sp³-hybridized carbons (Fsp3) is 0.267. The number of nitrogens with zero attached hydrogens (tertiary/aromatic N) is 1. The third-order valence-corrected chi connectivity index (χ3v) is 6.11. The predicted octanol–water partition coefficient (Wildman–Crippen LogP) is 5.64. The highest BCUT2D eigenvalue weighted by Crippen LogP contribution is 2.42. The summed E-state index contributed by atoms with van der Waals surface area (Å²) in [6, 6.07) is 16.5. The molecule has 1 fully saturated rings. The molecule has 1 aliphatic heterocycles. The van der Waals surface area contributed by atoms with Crippen molar-refractivity contribution in [3.63, 3.8) is 0 Å². The molecule has 0 aromatic heterocycles. The summed E-state index contributed by atoms with van der Waals surface area (Å²) in [5.41, 5.74) is 1.50. The first-order valence-electron chi connectivity index (χ1n) is 12.3. The lowest BCUT2D eigenvalue weighted by molar-refractivity contribution is -0.140. The highest BCUT2D eigenvalue weighted by Gasteiger charge is 2.46. The van der Waals surface area contributed by atoms with Crippen molar-refractivity contribution < 1.29 is 33.3 Å². The summed E-state index contributed by atoms with van der Waals surface area (Å²) in [5, 5.41) is 11.3. The third-order valence-electron chi connectivity index (χ3n) is 6.11. The van der Waals surface area contributed by atoms with Gasteiger partial charge in [-0.1, -0.05) is 18.2 Å². The number of ketones is 1. The molecule has 3 aromatic carbocycles. The van der Waals surface area contributed by atoms with Crippen molar-refractivity contribution in [2.75, 3.05) is 13.7 Å². The van der Waals surface area contributed by atoms with Gasteiger partial charge >= 0.3 is 0 Å². The lowest BCUT2D eigenvalue weighted by Crippen LogP contribution is -2.29. The van der Waals surface area contributed by atoms with Gasteiger partial charge in [0.1, 0.15) is 17.3 Å². The molecule has 0 spiro atoms. The average molecular weight is 520 g/mol. The van der Waals surface area contributed by atoms with E-state index in [0.29, 0.717) is 40.5 Å². The number of amides is 1. The monoisotopic (exact) mass is 519 g/mol. The van der Waals surface area contributed by atoms with Crippen LogP contribution in [0.3, 0.4) is 0 Å². The topological polar surface area (TPSA) is 85.3 Å². The van der Waals surface area contributed by atoms with Gasteiger partial charge < -0.3 is 24.2 Å². The Morgan fingerprint density at radius 3 is 2.29 bits per heavy atom. The van der Waals surface area contributed by atoms with E-state index in [1.165, 1.54) is 24.1 Å². The van der Waals surface area contributed by atoms with Crippen LogP contribution in [-0.2, 0) is 16.1 Å². The van der Waals surface area contributed by atoms with Crippen LogP contribution in [0.5, 0.6) is 17.2 Å². The van der Waals surface area contributed by atoms with Crippen LogP contribution in [-0.4, -0.2) is 41.5 Å². The van der Waals surface area contributed by atoms with E-state index < -0.39 is 23.5 Å². The Morgan fingerprint density at radius 1 is 1.00 bits per heavy atom. The molecule has 1 atom stereocenters. The summed E-state index contributed by atoms with van der Waals surface area (Å²) < 4.78 is 30.3. The smallest absolute Gasteiger partial charge is 0.295 e. The summed E-state index contributed by atoms with van der Waals surface area (Å²) in [6.07, 6.45) is -0.0270. The Bertz CT molecular complexity index is 1350. The van der Waals surface area contributed by atoms with Crippen molar-refractivity contribution in [2.24, 2.45) is 0 Å². The van der Waals surface area contributed by atoms with Gasteiger partial charge in [0.25, 0.3) is 11.7 Å². The van der Waals surface area contributed by atoms with Crippen molar-refractivity contribution >= 4 is 17.4 Å². The van der Waals surface area contributed by atoms with E-state index in [-0.39, 0.29) is 24.0 Å². The summed E-state index contributed by atoms with van der Waals surface area (Å²) in [6.45, 7) is 6.05. The van der Waals surface area contributed by atoms with Crippen LogP contribution < -0.4 is 14.2 Å². The van der Waals surface area contributed by atoms with Crippen molar-refractivity contribution in [2.45, 2.75) is 39.5 Å². The van der Waals surface area contributed by atoms with Gasteiger partial charge in [-0.25, -0.2) is 4.39 Å². The SMILES string of the molecule is CCOc1cc(C2/C(=C(/O)c3ccc(OC(C)C)cc3)C(=O)C(=O)N2Cc2ccc(F)cc2)ccc1OC. The molecule has 0 radical (unpaired) electrons. The standard InChI is InChI=1S/C30H30FNO6/c1-5-37-25-16-21(10-15-24(25)36-4)27-26(28(33)20-8-13-23(14-9-20)38-18(2)3)29(34)30(35)32(27)17-19-6-11-22(31)12-7-19/h6-16,18,27,33H,5,17H2,1-4H3/b28-26-. The number of Topliss-reactive ketones (excluding diaryl/α,β-unsaturated/α-hetero) is 1. The Kier molecular flexibility index (Phi) is 8.00. The highest BCUT2D eigenvalue weighted by molar-refractivity contribution is 6.46. The number of rotatable bonds is 9. The van der Waals surface area contributed by atoms with Gasteiger partial charge in [0.15, 0.2) is 11.5 Å². The van der Waals surface area contributed by atoms with Crippen molar-refractivity contribution in [3.8, 4) is 17.2 Å². The number of hydrogen-bond acceptors (Lipinski definition) is 6. The third kappa shape index (κ3) is 5.49.